The van der Waals surface area contributed by atoms with Crippen molar-refractivity contribution < 1.29 is 0 Å². The zero-order chi connectivity index (χ0) is 18.3. The van der Waals surface area contributed by atoms with Crippen molar-refractivity contribution in [2.24, 2.45) is 0 Å². The molecule has 1 unspecified atom stereocenters. The largest absolute Gasteiger partial charge is 0.382 e. The highest BCUT2D eigenvalue weighted by molar-refractivity contribution is 7.37. The molecule has 0 radical (unpaired) electrons. The standard InChI is InChI=1S/C19H26N5P/c1-10(2)25-24-16(9-15-8-12(4)11(3)7-13(15)5)23-17-18(20)21-14(6)22-19(17)24/h7-8,10,25H,9H2,1-6H3,(H2,20,21,22). The van der Waals surface area contributed by atoms with Crippen LogP contribution in [0.2, 0.25) is 0 Å². The molecule has 0 aliphatic heterocycles. The average molecular weight is 355 g/mol. The zero-order valence-corrected chi connectivity index (χ0v) is 16.8. The molecular weight excluding hydrogens is 329 g/mol. The van der Waals surface area contributed by atoms with Gasteiger partial charge in [-0.1, -0.05) is 26.0 Å². The molecule has 5 nitrogen and oxygen atoms in total. The van der Waals surface area contributed by atoms with Crippen LogP contribution in [0.3, 0.4) is 0 Å². The van der Waals surface area contributed by atoms with Crippen LogP contribution in [0, 0.1) is 27.7 Å². The summed E-state index contributed by atoms with van der Waals surface area (Å²) in [5, 5.41) is 0. The van der Waals surface area contributed by atoms with Crippen LogP contribution in [0.4, 0.5) is 5.82 Å². The summed E-state index contributed by atoms with van der Waals surface area (Å²) in [6.45, 7) is 12.8. The summed E-state index contributed by atoms with van der Waals surface area (Å²) >= 11 is 0. The Kier molecular flexibility index (Phi) is 4.79. The molecule has 3 rings (SSSR count). The number of benzene rings is 1. The number of hydrogen-bond acceptors (Lipinski definition) is 4. The van der Waals surface area contributed by atoms with E-state index in [0.717, 1.165) is 23.4 Å². The third-order valence-corrected chi connectivity index (χ3v) is 5.65. The summed E-state index contributed by atoms with van der Waals surface area (Å²) in [6.07, 6.45) is 0.779. The molecule has 0 aliphatic rings. The lowest BCUT2D eigenvalue weighted by molar-refractivity contribution is 0.962. The van der Waals surface area contributed by atoms with E-state index >= 15 is 0 Å². The molecule has 2 heterocycles. The Labute approximate surface area is 150 Å². The van der Waals surface area contributed by atoms with Gasteiger partial charge in [0.1, 0.15) is 11.6 Å². The molecule has 1 aromatic carbocycles. The van der Waals surface area contributed by atoms with Crippen molar-refractivity contribution in [1.29, 1.82) is 0 Å². The first-order valence-electron chi connectivity index (χ1n) is 8.61. The molecule has 132 valence electrons. The Hall–Kier alpha value is -2.00. The average Bonchev–Trinajstić information content (AvgIpc) is 2.83. The van der Waals surface area contributed by atoms with E-state index in [0.29, 0.717) is 26.0 Å². The number of anilines is 1. The van der Waals surface area contributed by atoms with E-state index in [-0.39, 0.29) is 0 Å². The van der Waals surface area contributed by atoms with Crippen molar-refractivity contribution in [3.8, 4) is 0 Å². The lowest BCUT2D eigenvalue weighted by atomic mass is 9.99. The monoisotopic (exact) mass is 355 g/mol. The first kappa shape index (κ1) is 17.8. The molecule has 0 saturated carbocycles. The number of nitrogens with zero attached hydrogens (tertiary/aromatic N) is 4. The van der Waals surface area contributed by atoms with E-state index in [2.05, 4.69) is 61.1 Å². The van der Waals surface area contributed by atoms with E-state index in [1.165, 1.54) is 22.3 Å². The Balaban J connectivity index is 2.15. The Morgan fingerprint density at radius 3 is 2.36 bits per heavy atom. The third-order valence-electron chi connectivity index (χ3n) is 4.40. The lowest BCUT2D eigenvalue weighted by Crippen LogP contribution is -2.03. The first-order valence-corrected chi connectivity index (χ1v) is 9.63. The van der Waals surface area contributed by atoms with Crippen LogP contribution in [0.1, 0.15) is 47.8 Å². The van der Waals surface area contributed by atoms with Crippen LogP contribution >= 0.6 is 8.73 Å². The molecule has 0 amide bonds. The fourth-order valence-electron chi connectivity index (χ4n) is 3.03. The lowest BCUT2D eigenvalue weighted by Gasteiger charge is -2.13. The number of rotatable bonds is 4. The SMILES string of the molecule is Cc1nc(N)c2nc(Cc3cc(C)c(C)cc3C)n(PC(C)C)c2n1. The highest BCUT2D eigenvalue weighted by Gasteiger charge is 2.18. The molecule has 6 heteroatoms. The normalized spacial score (nSPS) is 12.1. The van der Waals surface area contributed by atoms with E-state index in [9.17, 15) is 0 Å². The number of nitrogen functional groups attached to an aromatic ring is 1. The zero-order valence-electron chi connectivity index (χ0n) is 15.8. The maximum Gasteiger partial charge on any atom is 0.169 e. The summed E-state index contributed by atoms with van der Waals surface area (Å²) < 4.78 is 2.24. The van der Waals surface area contributed by atoms with Crippen molar-refractivity contribution in [3.05, 3.63) is 46.0 Å². The molecular formula is C19H26N5P. The smallest absolute Gasteiger partial charge is 0.169 e. The van der Waals surface area contributed by atoms with Crippen molar-refractivity contribution in [2.75, 3.05) is 5.73 Å². The van der Waals surface area contributed by atoms with Crippen molar-refractivity contribution in [3.63, 3.8) is 0 Å². The number of aromatic nitrogens is 4. The number of fused-ring (bicyclic) bond motifs is 1. The van der Waals surface area contributed by atoms with Gasteiger partial charge in [-0.3, -0.25) is 4.34 Å². The maximum absolute atomic E-state index is 6.11. The quantitative estimate of drug-likeness (QED) is 0.716. The van der Waals surface area contributed by atoms with Gasteiger partial charge in [0.2, 0.25) is 0 Å². The van der Waals surface area contributed by atoms with Crippen LogP contribution in [0.5, 0.6) is 0 Å². The van der Waals surface area contributed by atoms with Gasteiger partial charge in [0.15, 0.2) is 17.0 Å². The van der Waals surface area contributed by atoms with Crippen LogP contribution in [-0.2, 0) is 6.42 Å². The Morgan fingerprint density at radius 1 is 1.00 bits per heavy atom. The summed E-state index contributed by atoms with van der Waals surface area (Å²) in [5.41, 5.74) is 13.4. The van der Waals surface area contributed by atoms with E-state index in [4.69, 9.17) is 10.7 Å². The molecule has 0 spiro atoms. The molecule has 0 bridgehead atoms. The fourth-order valence-corrected chi connectivity index (χ4v) is 4.10. The summed E-state index contributed by atoms with van der Waals surface area (Å²) in [7, 11) is 0.582. The maximum atomic E-state index is 6.11. The second-order valence-corrected chi connectivity index (χ2v) is 8.88. The van der Waals surface area contributed by atoms with E-state index < -0.39 is 0 Å². The molecule has 25 heavy (non-hydrogen) atoms. The predicted molar refractivity (Wildman–Crippen MR) is 107 cm³/mol. The highest BCUT2D eigenvalue weighted by Crippen LogP contribution is 2.32. The van der Waals surface area contributed by atoms with Crippen LogP contribution < -0.4 is 5.73 Å². The molecule has 3 aromatic rings. The van der Waals surface area contributed by atoms with Gasteiger partial charge in [0.25, 0.3) is 0 Å². The van der Waals surface area contributed by atoms with Gasteiger partial charge in [-0.05, 0) is 64.3 Å². The van der Waals surface area contributed by atoms with Crippen molar-refractivity contribution in [1.82, 2.24) is 19.3 Å². The van der Waals surface area contributed by atoms with Crippen LogP contribution in [0.25, 0.3) is 11.2 Å². The van der Waals surface area contributed by atoms with E-state index in [1.807, 2.05) is 6.92 Å². The summed E-state index contributed by atoms with van der Waals surface area (Å²) in [6, 6.07) is 4.52. The molecule has 1 atom stereocenters. The van der Waals surface area contributed by atoms with Gasteiger partial charge >= 0.3 is 0 Å². The van der Waals surface area contributed by atoms with E-state index in [1.54, 1.807) is 0 Å². The van der Waals surface area contributed by atoms with Gasteiger partial charge in [-0.2, -0.15) is 0 Å². The highest BCUT2D eigenvalue weighted by atomic mass is 31.1. The predicted octanol–water partition coefficient (Wildman–Crippen LogP) is 4.08. The van der Waals surface area contributed by atoms with Crippen LogP contribution in [0.15, 0.2) is 12.1 Å². The second kappa shape index (κ2) is 6.72. The van der Waals surface area contributed by atoms with Gasteiger partial charge in [0.05, 0.1) is 0 Å². The minimum atomic E-state index is 0.466. The van der Waals surface area contributed by atoms with Crippen molar-refractivity contribution in [2.45, 2.75) is 53.6 Å². The summed E-state index contributed by atoms with van der Waals surface area (Å²) in [5.74, 6) is 2.17. The Bertz CT molecular complexity index is 943. The number of nitrogens with two attached hydrogens (primary N) is 1. The van der Waals surface area contributed by atoms with Gasteiger partial charge in [-0.25, -0.2) is 15.0 Å². The van der Waals surface area contributed by atoms with Crippen LogP contribution in [-0.4, -0.2) is 24.9 Å². The number of aryl methyl sites for hydroxylation is 4. The topological polar surface area (TPSA) is 69.6 Å². The molecule has 2 N–H and O–H groups in total. The number of imidazole rings is 1. The second-order valence-electron chi connectivity index (χ2n) is 7.02. The fraction of sp³-hybridized carbons (Fsp3) is 0.421. The van der Waals surface area contributed by atoms with Gasteiger partial charge < -0.3 is 5.73 Å². The minimum absolute atomic E-state index is 0.466. The Morgan fingerprint density at radius 2 is 1.68 bits per heavy atom. The van der Waals surface area contributed by atoms with Gasteiger partial charge in [0, 0.05) is 6.42 Å². The molecule has 0 aliphatic carbocycles. The molecule has 2 aromatic heterocycles. The number of hydrogen-bond donors (Lipinski definition) is 1. The van der Waals surface area contributed by atoms with Gasteiger partial charge in [-0.15, -0.1) is 0 Å². The first-order chi connectivity index (χ1) is 11.8. The third kappa shape index (κ3) is 3.52. The van der Waals surface area contributed by atoms with Crippen molar-refractivity contribution >= 4 is 25.7 Å². The molecule has 0 saturated heterocycles. The molecule has 0 fully saturated rings. The minimum Gasteiger partial charge on any atom is -0.382 e. The summed E-state index contributed by atoms with van der Waals surface area (Å²) in [4.78, 5) is 13.7.